The predicted molar refractivity (Wildman–Crippen MR) is 111 cm³/mol. The summed E-state index contributed by atoms with van der Waals surface area (Å²) in [4.78, 5) is 12.3. The Morgan fingerprint density at radius 1 is 1.21 bits per heavy atom. The number of thiophene rings is 1. The molecule has 0 spiro atoms. The molecule has 0 saturated heterocycles. The highest BCUT2D eigenvalue weighted by Crippen LogP contribution is 2.27. The van der Waals surface area contributed by atoms with E-state index in [1.54, 1.807) is 32.1 Å². The summed E-state index contributed by atoms with van der Waals surface area (Å²) >= 11 is 1.05. The van der Waals surface area contributed by atoms with E-state index in [2.05, 4.69) is 15.2 Å². The maximum Gasteiger partial charge on any atom is 0.271 e. The van der Waals surface area contributed by atoms with Crippen molar-refractivity contribution in [1.82, 2.24) is 5.16 Å². The van der Waals surface area contributed by atoms with Gasteiger partial charge in [-0.05, 0) is 55.5 Å². The number of nitrogens with one attached hydrogen (secondary N) is 2. The van der Waals surface area contributed by atoms with E-state index in [1.165, 1.54) is 30.3 Å². The molecular formula is C19H18FN3O4S2. The van der Waals surface area contributed by atoms with Crippen LogP contribution in [0.3, 0.4) is 0 Å². The van der Waals surface area contributed by atoms with Crippen molar-refractivity contribution < 1.29 is 22.1 Å². The average molecular weight is 436 g/mol. The summed E-state index contributed by atoms with van der Waals surface area (Å²) in [6.07, 6.45) is 3.60. The van der Waals surface area contributed by atoms with Crippen LogP contribution < -0.4 is 10.0 Å². The molecule has 0 atom stereocenters. The average Bonchev–Trinajstić information content (AvgIpc) is 3.30. The molecule has 29 heavy (non-hydrogen) atoms. The van der Waals surface area contributed by atoms with Crippen LogP contribution in [0, 0.1) is 12.7 Å². The lowest BCUT2D eigenvalue weighted by molar-refractivity contribution is -0.115. The quantitative estimate of drug-likeness (QED) is 0.569. The largest absolute Gasteiger partial charge is 0.354 e. The number of hydrogen-bond donors (Lipinski definition) is 2. The SMILES string of the molecule is CCC(=O)Nc1c(C)noc1C=Cc1ccc(S(=O)(=O)Nc2ccc(F)cc2)s1. The maximum atomic E-state index is 13.0. The van der Waals surface area contributed by atoms with Gasteiger partial charge in [-0.15, -0.1) is 11.3 Å². The molecule has 3 rings (SSSR count). The number of amides is 1. The van der Waals surface area contributed by atoms with Crippen molar-refractivity contribution >= 4 is 50.8 Å². The normalized spacial score (nSPS) is 11.7. The monoisotopic (exact) mass is 435 g/mol. The Hall–Kier alpha value is -2.98. The molecule has 0 unspecified atom stereocenters. The maximum absolute atomic E-state index is 13.0. The molecule has 2 heterocycles. The molecule has 2 N–H and O–H groups in total. The van der Waals surface area contributed by atoms with Gasteiger partial charge in [0.2, 0.25) is 5.91 Å². The summed E-state index contributed by atoms with van der Waals surface area (Å²) in [5.41, 5.74) is 1.30. The summed E-state index contributed by atoms with van der Waals surface area (Å²) in [6.45, 7) is 3.45. The van der Waals surface area contributed by atoms with Crippen molar-refractivity contribution in [3.8, 4) is 0 Å². The van der Waals surface area contributed by atoms with Gasteiger partial charge in [-0.2, -0.15) is 0 Å². The highest BCUT2D eigenvalue weighted by Gasteiger charge is 2.17. The number of carbonyl (C=O) groups excluding carboxylic acids is 1. The van der Waals surface area contributed by atoms with Crippen molar-refractivity contribution in [3.63, 3.8) is 0 Å². The molecule has 1 amide bonds. The standard InChI is InChI=1S/C19H18FN3O4S2/c1-3-17(24)21-19-12(2)22-27-16(19)10-8-15-9-11-18(28-15)29(25,26)23-14-6-4-13(20)5-7-14/h4-11,23H,3H2,1-2H3,(H,21,24). The zero-order chi connectivity index (χ0) is 21.0. The highest BCUT2D eigenvalue weighted by atomic mass is 32.2. The van der Waals surface area contributed by atoms with Crippen LogP contribution in [0.2, 0.25) is 0 Å². The van der Waals surface area contributed by atoms with Crippen LogP contribution >= 0.6 is 11.3 Å². The third-order valence-electron chi connectivity index (χ3n) is 3.84. The Balaban J connectivity index is 1.76. The second-order valence-corrected chi connectivity index (χ2v) is 9.04. The molecule has 1 aromatic carbocycles. The van der Waals surface area contributed by atoms with E-state index in [0.717, 1.165) is 11.3 Å². The Kier molecular flexibility index (Phi) is 6.14. The smallest absolute Gasteiger partial charge is 0.271 e. The molecule has 7 nitrogen and oxygen atoms in total. The second-order valence-electron chi connectivity index (χ2n) is 6.01. The van der Waals surface area contributed by atoms with Crippen LogP contribution in [-0.2, 0) is 14.8 Å². The van der Waals surface area contributed by atoms with Gasteiger partial charge >= 0.3 is 0 Å². The van der Waals surface area contributed by atoms with Crippen molar-refractivity contribution in [2.45, 2.75) is 24.5 Å². The molecule has 152 valence electrons. The van der Waals surface area contributed by atoms with E-state index in [-0.39, 0.29) is 15.8 Å². The summed E-state index contributed by atoms with van der Waals surface area (Å²) in [5, 5.41) is 6.57. The van der Waals surface area contributed by atoms with Crippen molar-refractivity contribution in [2.24, 2.45) is 0 Å². The lowest BCUT2D eigenvalue weighted by Crippen LogP contribution is -2.11. The molecule has 3 aromatic rings. The first-order valence-electron chi connectivity index (χ1n) is 8.61. The highest BCUT2D eigenvalue weighted by molar-refractivity contribution is 7.94. The van der Waals surface area contributed by atoms with Gasteiger partial charge in [0.1, 0.15) is 21.4 Å². The van der Waals surface area contributed by atoms with Crippen LogP contribution in [0.15, 0.2) is 45.1 Å². The van der Waals surface area contributed by atoms with E-state index >= 15 is 0 Å². The van der Waals surface area contributed by atoms with Crippen molar-refractivity contribution in [2.75, 3.05) is 10.0 Å². The van der Waals surface area contributed by atoms with Crippen molar-refractivity contribution in [3.05, 3.63) is 58.5 Å². The summed E-state index contributed by atoms with van der Waals surface area (Å²) in [5.74, 6) is -0.248. The van der Waals surface area contributed by atoms with Gasteiger partial charge in [0.15, 0.2) is 5.76 Å². The first kappa shape index (κ1) is 20.7. The lowest BCUT2D eigenvalue weighted by Gasteiger charge is -2.05. The number of benzene rings is 1. The van der Waals surface area contributed by atoms with Gasteiger partial charge in [0, 0.05) is 17.0 Å². The molecule has 0 saturated carbocycles. The van der Waals surface area contributed by atoms with Gasteiger partial charge in [-0.3, -0.25) is 9.52 Å². The number of halogens is 1. The van der Waals surface area contributed by atoms with Gasteiger partial charge in [0.25, 0.3) is 10.0 Å². The Morgan fingerprint density at radius 2 is 1.93 bits per heavy atom. The molecule has 10 heteroatoms. The van der Waals surface area contributed by atoms with Gasteiger partial charge in [0.05, 0.1) is 0 Å². The number of carbonyl (C=O) groups is 1. The molecule has 0 aliphatic heterocycles. The first-order chi connectivity index (χ1) is 13.8. The number of hydrogen-bond acceptors (Lipinski definition) is 6. The number of aryl methyl sites for hydroxylation is 1. The lowest BCUT2D eigenvalue weighted by atomic mass is 10.2. The van der Waals surface area contributed by atoms with Gasteiger partial charge in [-0.1, -0.05) is 12.1 Å². The van der Waals surface area contributed by atoms with Crippen LogP contribution in [0.1, 0.15) is 29.7 Å². The number of rotatable bonds is 7. The van der Waals surface area contributed by atoms with Gasteiger partial charge in [-0.25, -0.2) is 12.8 Å². The number of nitrogens with zero attached hydrogens (tertiary/aromatic N) is 1. The number of sulfonamides is 1. The van der Waals surface area contributed by atoms with Crippen LogP contribution in [0.4, 0.5) is 15.8 Å². The molecule has 0 radical (unpaired) electrons. The second kappa shape index (κ2) is 8.58. The molecule has 0 fully saturated rings. The fourth-order valence-corrected chi connectivity index (χ4v) is 4.62. The van der Waals surface area contributed by atoms with Crippen molar-refractivity contribution in [1.29, 1.82) is 0 Å². The van der Waals surface area contributed by atoms with Crippen LogP contribution in [0.25, 0.3) is 12.2 Å². The van der Waals surface area contributed by atoms with Crippen LogP contribution in [-0.4, -0.2) is 19.5 Å². The fourth-order valence-electron chi connectivity index (χ4n) is 2.33. The van der Waals surface area contributed by atoms with Crippen LogP contribution in [0.5, 0.6) is 0 Å². The third-order valence-corrected chi connectivity index (χ3v) is 6.76. The topological polar surface area (TPSA) is 101 Å². The Bertz CT molecular complexity index is 1150. The van der Waals surface area contributed by atoms with E-state index in [9.17, 15) is 17.6 Å². The molecular weight excluding hydrogens is 417 g/mol. The summed E-state index contributed by atoms with van der Waals surface area (Å²) < 4.78 is 45.7. The minimum Gasteiger partial charge on any atom is -0.354 e. The predicted octanol–water partition coefficient (Wildman–Crippen LogP) is 4.50. The van der Waals surface area contributed by atoms with E-state index in [4.69, 9.17) is 4.52 Å². The molecule has 0 aliphatic carbocycles. The van der Waals surface area contributed by atoms with Gasteiger partial charge < -0.3 is 9.84 Å². The summed E-state index contributed by atoms with van der Waals surface area (Å²) in [7, 11) is -3.79. The Labute approximate surface area is 171 Å². The summed E-state index contributed by atoms with van der Waals surface area (Å²) in [6, 6.07) is 8.16. The first-order valence-corrected chi connectivity index (χ1v) is 10.9. The zero-order valence-corrected chi connectivity index (χ0v) is 17.2. The zero-order valence-electron chi connectivity index (χ0n) is 15.6. The fraction of sp³-hybridized carbons (Fsp3) is 0.158. The minimum absolute atomic E-state index is 0.106. The Morgan fingerprint density at radius 3 is 2.62 bits per heavy atom. The third kappa shape index (κ3) is 5.09. The molecule has 2 aromatic heterocycles. The van der Waals surface area contributed by atoms with E-state index in [0.29, 0.717) is 28.4 Å². The molecule has 0 aliphatic rings. The van der Waals surface area contributed by atoms with E-state index in [1.807, 2.05) is 0 Å². The molecule has 0 bridgehead atoms. The van der Waals surface area contributed by atoms with E-state index < -0.39 is 15.8 Å². The number of anilines is 2. The minimum atomic E-state index is -3.79. The number of aromatic nitrogens is 1.